The molecule has 1 heterocycles. The molecule has 1 aromatic carbocycles. The molecule has 3 unspecified atom stereocenters. The lowest BCUT2D eigenvalue weighted by Gasteiger charge is -2.34. The summed E-state index contributed by atoms with van der Waals surface area (Å²) in [6.45, 7) is 4.84. The maximum atomic E-state index is 13.6. The second-order valence-corrected chi connectivity index (χ2v) is 4.09. The van der Waals surface area contributed by atoms with Crippen molar-refractivity contribution >= 4 is 0 Å². The lowest BCUT2D eigenvalue weighted by Crippen LogP contribution is -2.45. The number of hydrogen-bond donors (Lipinski definition) is 1. The number of nitrogens with one attached hydrogen (secondary N) is 1. The summed E-state index contributed by atoms with van der Waals surface area (Å²) in [5.74, 6) is -0.190. The van der Waals surface area contributed by atoms with E-state index in [1.165, 1.54) is 6.07 Å². The molecular formula is C12H16FNO. The first-order valence-electron chi connectivity index (χ1n) is 5.31. The number of halogens is 1. The van der Waals surface area contributed by atoms with Gasteiger partial charge in [-0.1, -0.05) is 18.2 Å². The normalized spacial score (nSPS) is 31.5. The topological polar surface area (TPSA) is 21.3 Å². The molecule has 3 heteroatoms. The average molecular weight is 209 g/mol. The van der Waals surface area contributed by atoms with E-state index in [4.69, 9.17) is 4.74 Å². The first kappa shape index (κ1) is 10.6. The summed E-state index contributed by atoms with van der Waals surface area (Å²) in [5.41, 5.74) is 0.643. The van der Waals surface area contributed by atoms with Gasteiger partial charge in [-0.05, 0) is 19.9 Å². The summed E-state index contributed by atoms with van der Waals surface area (Å²) < 4.78 is 19.3. The molecule has 3 atom stereocenters. The second kappa shape index (κ2) is 4.29. The minimum atomic E-state index is -0.190. The zero-order valence-corrected chi connectivity index (χ0v) is 9.03. The van der Waals surface area contributed by atoms with Crippen LogP contribution in [-0.4, -0.2) is 18.7 Å². The van der Waals surface area contributed by atoms with E-state index in [1.807, 2.05) is 19.9 Å². The Morgan fingerprint density at radius 2 is 2.07 bits per heavy atom. The molecule has 1 aliphatic rings. The molecule has 1 aliphatic heterocycles. The SMILES string of the molecule is CC1CNC(C)C(c2ccccc2F)O1. The summed E-state index contributed by atoms with van der Waals surface area (Å²) in [4.78, 5) is 0. The third kappa shape index (κ3) is 2.19. The van der Waals surface area contributed by atoms with Crippen LogP contribution in [-0.2, 0) is 4.74 Å². The van der Waals surface area contributed by atoms with Gasteiger partial charge >= 0.3 is 0 Å². The van der Waals surface area contributed by atoms with Crippen molar-refractivity contribution in [2.24, 2.45) is 0 Å². The largest absolute Gasteiger partial charge is 0.368 e. The van der Waals surface area contributed by atoms with Crippen LogP contribution in [0.4, 0.5) is 4.39 Å². The van der Waals surface area contributed by atoms with Gasteiger partial charge in [-0.25, -0.2) is 4.39 Å². The van der Waals surface area contributed by atoms with Crippen LogP contribution in [0.1, 0.15) is 25.5 Å². The second-order valence-electron chi connectivity index (χ2n) is 4.09. The zero-order valence-electron chi connectivity index (χ0n) is 9.03. The van der Waals surface area contributed by atoms with Crippen LogP contribution in [0.25, 0.3) is 0 Å². The monoisotopic (exact) mass is 209 g/mol. The smallest absolute Gasteiger partial charge is 0.129 e. The Morgan fingerprint density at radius 3 is 2.80 bits per heavy atom. The van der Waals surface area contributed by atoms with E-state index in [2.05, 4.69) is 5.32 Å². The van der Waals surface area contributed by atoms with E-state index < -0.39 is 0 Å². The Balaban J connectivity index is 2.25. The summed E-state index contributed by atoms with van der Waals surface area (Å²) in [6, 6.07) is 6.95. The fourth-order valence-electron chi connectivity index (χ4n) is 1.92. The van der Waals surface area contributed by atoms with E-state index in [0.29, 0.717) is 5.56 Å². The van der Waals surface area contributed by atoms with Crippen molar-refractivity contribution in [1.82, 2.24) is 5.32 Å². The van der Waals surface area contributed by atoms with Crippen LogP contribution < -0.4 is 5.32 Å². The molecule has 2 rings (SSSR count). The van der Waals surface area contributed by atoms with Gasteiger partial charge in [0.05, 0.1) is 6.10 Å². The highest BCUT2D eigenvalue weighted by atomic mass is 19.1. The van der Waals surface area contributed by atoms with Gasteiger partial charge in [-0.2, -0.15) is 0 Å². The molecule has 1 saturated heterocycles. The van der Waals surface area contributed by atoms with Gasteiger partial charge in [0.15, 0.2) is 0 Å². The van der Waals surface area contributed by atoms with Crippen LogP contribution in [0.3, 0.4) is 0 Å². The van der Waals surface area contributed by atoms with Crippen LogP contribution in [0.2, 0.25) is 0 Å². The van der Waals surface area contributed by atoms with Crippen molar-refractivity contribution in [1.29, 1.82) is 0 Å². The lowest BCUT2D eigenvalue weighted by atomic mass is 10.0. The summed E-state index contributed by atoms with van der Waals surface area (Å²) in [7, 11) is 0. The molecular weight excluding hydrogens is 193 g/mol. The molecule has 15 heavy (non-hydrogen) atoms. The molecule has 2 nitrogen and oxygen atoms in total. The number of morpholine rings is 1. The van der Waals surface area contributed by atoms with E-state index >= 15 is 0 Å². The van der Waals surface area contributed by atoms with Crippen LogP contribution in [0.15, 0.2) is 24.3 Å². The van der Waals surface area contributed by atoms with Crippen molar-refractivity contribution in [3.8, 4) is 0 Å². The zero-order chi connectivity index (χ0) is 10.8. The molecule has 1 aromatic rings. The van der Waals surface area contributed by atoms with Gasteiger partial charge in [0.2, 0.25) is 0 Å². The lowest BCUT2D eigenvalue weighted by molar-refractivity contribution is -0.0535. The molecule has 0 amide bonds. The van der Waals surface area contributed by atoms with Crippen LogP contribution in [0, 0.1) is 5.82 Å². The average Bonchev–Trinajstić information content (AvgIpc) is 2.23. The van der Waals surface area contributed by atoms with Gasteiger partial charge in [0, 0.05) is 18.2 Å². The highest BCUT2D eigenvalue weighted by Crippen LogP contribution is 2.27. The Morgan fingerprint density at radius 1 is 1.33 bits per heavy atom. The molecule has 0 aromatic heterocycles. The molecule has 0 aliphatic carbocycles. The Kier molecular flexibility index (Phi) is 3.03. The van der Waals surface area contributed by atoms with Crippen molar-refractivity contribution in [3.63, 3.8) is 0 Å². The first-order chi connectivity index (χ1) is 7.18. The third-order valence-electron chi connectivity index (χ3n) is 2.77. The molecule has 0 saturated carbocycles. The Hall–Kier alpha value is -0.930. The van der Waals surface area contributed by atoms with Gasteiger partial charge < -0.3 is 10.1 Å². The van der Waals surface area contributed by atoms with Crippen LogP contribution in [0.5, 0.6) is 0 Å². The fraction of sp³-hybridized carbons (Fsp3) is 0.500. The first-order valence-corrected chi connectivity index (χ1v) is 5.31. The minimum absolute atomic E-state index is 0.130. The van der Waals surface area contributed by atoms with Gasteiger partial charge in [-0.15, -0.1) is 0 Å². The highest BCUT2D eigenvalue weighted by Gasteiger charge is 2.28. The van der Waals surface area contributed by atoms with E-state index in [1.54, 1.807) is 12.1 Å². The number of hydrogen-bond acceptors (Lipinski definition) is 2. The molecule has 0 radical (unpaired) electrons. The number of ether oxygens (including phenoxy) is 1. The van der Waals surface area contributed by atoms with Gasteiger partial charge in [0.1, 0.15) is 11.9 Å². The van der Waals surface area contributed by atoms with E-state index in [9.17, 15) is 4.39 Å². The minimum Gasteiger partial charge on any atom is -0.368 e. The van der Waals surface area contributed by atoms with Gasteiger partial charge in [-0.3, -0.25) is 0 Å². The van der Waals surface area contributed by atoms with Crippen molar-refractivity contribution in [3.05, 3.63) is 35.6 Å². The predicted octanol–water partition coefficient (Wildman–Crippen LogP) is 2.26. The fourth-order valence-corrected chi connectivity index (χ4v) is 1.92. The molecule has 1 fully saturated rings. The van der Waals surface area contributed by atoms with Gasteiger partial charge in [0.25, 0.3) is 0 Å². The summed E-state index contributed by atoms with van der Waals surface area (Å²) in [6.07, 6.45) is -0.0549. The van der Waals surface area contributed by atoms with Crippen molar-refractivity contribution in [2.75, 3.05) is 6.54 Å². The maximum Gasteiger partial charge on any atom is 0.129 e. The standard InChI is InChI=1S/C12H16FNO/c1-8-7-14-9(2)12(15-8)10-5-3-4-6-11(10)13/h3-6,8-9,12,14H,7H2,1-2H3. The summed E-state index contributed by atoms with van der Waals surface area (Å²) >= 11 is 0. The Labute approximate surface area is 89.4 Å². The third-order valence-corrected chi connectivity index (χ3v) is 2.77. The quantitative estimate of drug-likeness (QED) is 0.766. The van der Waals surface area contributed by atoms with E-state index in [0.717, 1.165) is 6.54 Å². The number of rotatable bonds is 1. The molecule has 1 N–H and O–H groups in total. The van der Waals surface area contributed by atoms with Crippen molar-refractivity contribution < 1.29 is 9.13 Å². The van der Waals surface area contributed by atoms with E-state index in [-0.39, 0.29) is 24.1 Å². The molecule has 0 spiro atoms. The maximum absolute atomic E-state index is 13.6. The molecule has 0 bridgehead atoms. The summed E-state index contributed by atoms with van der Waals surface area (Å²) in [5, 5.41) is 3.32. The van der Waals surface area contributed by atoms with Crippen LogP contribution >= 0.6 is 0 Å². The highest BCUT2D eigenvalue weighted by molar-refractivity contribution is 5.21. The predicted molar refractivity (Wildman–Crippen MR) is 57.2 cm³/mol. The van der Waals surface area contributed by atoms with Crippen molar-refractivity contribution in [2.45, 2.75) is 32.1 Å². The number of benzene rings is 1. The molecule has 82 valence electrons. The Bertz CT molecular complexity index is 342.